The van der Waals surface area contributed by atoms with Gasteiger partial charge in [0.05, 0.1) is 20.4 Å². The zero-order chi connectivity index (χ0) is 20.5. The molecule has 0 heterocycles. The van der Waals surface area contributed by atoms with Gasteiger partial charge >= 0.3 is 0 Å². The van der Waals surface area contributed by atoms with Gasteiger partial charge in [-0.2, -0.15) is 5.10 Å². The number of ether oxygens (including phenoxy) is 2. The minimum absolute atomic E-state index is 0.00195. The van der Waals surface area contributed by atoms with Crippen LogP contribution in [0.2, 0.25) is 5.02 Å². The van der Waals surface area contributed by atoms with Crippen molar-refractivity contribution in [2.45, 2.75) is 19.8 Å². The number of amides is 2. The van der Waals surface area contributed by atoms with Crippen molar-refractivity contribution in [3.8, 4) is 11.5 Å². The van der Waals surface area contributed by atoms with Crippen molar-refractivity contribution < 1.29 is 19.1 Å². The van der Waals surface area contributed by atoms with E-state index < -0.39 is 0 Å². The highest BCUT2D eigenvalue weighted by molar-refractivity contribution is 6.31. The lowest BCUT2D eigenvalue weighted by atomic mass is 10.2. The van der Waals surface area contributed by atoms with E-state index in [1.165, 1.54) is 13.3 Å². The standard InChI is InChI=1S/C20H22ClN3O4/c1-13-16(21)5-4-6-17(13)23-19(25)9-10-20(26)24-22-12-14-11-15(27-2)7-8-18(14)28-3/h4-8,11-12H,9-10H2,1-3H3,(H,23,25)(H,24,26)/b22-12+. The van der Waals surface area contributed by atoms with E-state index in [0.717, 1.165) is 5.56 Å². The van der Waals surface area contributed by atoms with Crippen LogP contribution in [0.5, 0.6) is 11.5 Å². The smallest absolute Gasteiger partial charge is 0.240 e. The first kappa shape index (κ1) is 21.2. The van der Waals surface area contributed by atoms with Crippen LogP contribution >= 0.6 is 11.6 Å². The summed E-state index contributed by atoms with van der Waals surface area (Å²) in [5.41, 5.74) is 4.44. The number of hydrogen-bond acceptors (Lipinski definition) is 5. The highest BCUT2D eigenvalue weighted by Crippen LogP contribution is 2.23. The number of benzene rings is 2. The molecule has 0 aromatic heterocycles. The Morgan fingerprint density at radius 1 is 1.11 bits per heavy atom. The van der Waals surface area contributed by atoms with Crippen LogP contribution in [0, 0.1) is 6.92 Å². The van der Waals surface area contributed by atoms with E-state index >= 15 is 0 Å². The van der Waals surface area contributed by atoms with E-state index in [0.29, 0.717) is 27.8 Å². The third kappa shape index (κ3) is 5.99. The Kier molecular flexibility index (Phi) is 7.83. The molecule has 2 rings (SSSR count). The van der Waals surface area contributed by atoms with E-state index in [4.69, 9.17) is 21.1 Å². The third-order valence-corrected chi connectivity index (χ3v) is 4.36. The lowest BCUT2D eigenvalue weighted by Gasteiger charge is -2.09. The van der Waals surface area contributed by atoms with Crippen LogP contribution in [-0.2, 0) is 9.59 Å². The first-order valence-corrected chi connectivity index (χ1v) is 8.91. The summed E-state index contributed by atoms with van der Waals surface area (Å²) < 4.78 is 10.4. The van der Waals surface area contributed by atoms with E-state index in [-0.39, 0.29) is 24.7 Å². The number of carbonyl (C=O) groups excluding carboxylic acids is 2. The Morgan fingerprint density at radius 3 is 2.57 bits per heavy atom. The molecule has 0 atom stereocenters. The van der Waals surface area contributed by atoms with Crippen LogP contribution in [-0.4, -0.2) is 32.2 Å². The molecular weight excluding hydrogens is 382 g/mol. The topological polar surface area (TPSA) is 89.0 Å². The first-order chi connectivity index (χ1) is 13.4. The largest absolute Gasteiger partial charge is 0.497 e. The van der Waals surface area contributed by atoms with E-state index in [1.807, 2.05) is 6.92 Å². The van der Waals surface area contributed by atoms with Crippen LogP contribution in [0.3, 0.4) is 0 Å². The minimum atomic E-state index is -0.379. The molecule has 0 radical (unpaired) electrons. The van der Waals surface area contributed by atoms with Crippen LogP contribution in [0.15, 0.2) is 41.5 Å². The van der Waals surface area contributed by atoms with Gasteiger partial charge in [-0.15, -0.1) is 0 Å². The summed E-state index contributed by atoms with van der Waals surface area (Å²) in [6.45, 7) is 1.81. The van der Waals surface area contributed by atoms with Gasteiger partial charge in [0.25, 0.3) is 0 Å². The van der Waals surface area contributed by atoms with Gasteiger partial charge in [0.1, 0.15) is 11.5 Å². The molecule has 0 aliphatic heterocycles. The molecule has 0 fully saturated rings. The number of methoxy groups -OCH3 is 2. The predicted octanol–water partition coefficient (Wildman–Crippen LogP) is 3.53. The van der Waals surface area contributed by atoms with Gasteiger partial charge in [0.2, 0.25) is 11.8 Å². The fourth-order valence-electron chi connectivity index (χ4n) is 2.35. The number of hydrazone groups is 1. The van der Waals surface area contributed by atoms with Crippen LogP contribution in [0.1, 0.15) is 24.0 Å². The molecule has 0 aliphatic carbocycles. The highest BCUT2D eigenvalue weighted by atomic mass is 35.5. The van der Waals surface area contributed by atoms with Gasteiger partial charge in [0.15, 0.2) is 0 Å². The second-order valence-electron chi connectivity index (χ2n) is 5.86. The zero-order valence-corrected chi connectivity index (χ0v) is 16.7. The van der Waals surface area contributed by atoms with Crippen molar-refractivity contribution in [3.05, 3.63) is 52.5 Å². The zero-order valence-electron chi connectivity index (χ0n) is 15.9. The van der Waals surface area contributed by atoms with E-state index in [9.17, 15) is 9.59 Å². The Balaban J connectivity index is 1.85. The number of hydrogen-bond donors (Lipinski definition) is 2. The van der Waals surface area contributed by atoms with Crippen molar-refractivity contribution in [3.63, 3.8) is 0 Å². The molecule has 0 aliphatic rings. The Bertz CT molecular complexity index is 884. The van der Waals surface area contributed by atoms with Crippen molar-refractivity contribution >= 4 is 35.3 Å². The molecule has 0 spiro atoms. The summed E-state index contributed by atoms with van der Waals surface area (Å²) in [7, 11) is 3.10. The van der Waals surface area contributed by atoms with Gasteiger partial charge in [-0.05, 0) is 42.8 Å². The van der Waals surface area contributed by atoms with Crippen molar-refractivity contribution in [2.75, 3.05) is 19.5 Å². The van der Waals surface area contributed by atoms with E-state index in [2.05, 4.69) is 15.8 Å². The maximum absolute atomic E-state index is 12.0. The second-order valence-corrected chi connectivity index (χ2v) is 6.27. The minimum Gasteiger partial charge on any atom is -0.497 e. The number of anilines is 1. The molecule has 28 heavy (non-hydrogen) atoms. The summed E-state index contributed by atoms with van der Waals surface area (Å²) in [6, 6.07) is 10.5. The number of nitrogens with one attached hydrogen (secondary N) is 2. The van der Waals surface area contributed by atoms with Gasteiger partial charge in [-0.3, -0.25) is 9.59 Å². The number of halogens is 1. The molecule has 2 aromatic carbocycles. The first-order valence-electron chi connectivity index (χ1n) is 8.53. The maximum Gasteiger partial charge on any atom is 0.240 e. The molecule has 7 nitrogen and oxygen atoms in total. The Morgan fingerprint density at radius 2 is 1.86 bits per heavy atom. The average molecular weight is 404 g/mol. The van der Waals surface area contributed by atoms with Gasteiger partial charge in [0, 0.05) is 29.1 Å². The average Bonchev–Trinajstić information content (AvgIpc) is 2.69. The molecule has 148 valence electrons. The number of carbonyl (C=O) groups is 2. The molecule has 2 N–H and O–H groups in total. The predicted molar refractivity (Wildman–Crippen MR) is 109 cm³/mol. The Labute approximate surface area is 168 Å². The molecule has 0 unspecified atom stereocenters. The van der Waals surface area contributed by atoms with Crippen LogP contribution in [0.25, 0.3) is 0 Å². The molecule has 8 heteroatoms. The quantitative estimate of drug-likeness (QED) is 0.521. The summed E-state index contributed by atoms with van der Waals surface area (Å²) in [6.07, 6.45) is 1.47. The van der Waals surface area contributed by atoms with Gasteiger partial charge in [-0.25, -0.2) is 5.43 Å². The molecule has 0 bridgehead atoms. The molecule has 2 aromatic rings. The fraction of sp³-hybridized carbons (Fsp3) is 0.250. The highest BCUT2D eigenvalue weighted by Gasteiger charge is 2.09. The summed E-state index contributed by atoms with van der Waals surface area (Å²) in [4.78, 5) is 23.9. The van der Waals surface area contributed by atoms with Crippen LogP contribution in [0.4, 0.5) is 5.69 Å². The Hall–Kier alpha value is -3.06. The lowest BCUT2D eigenvalue weighted by molar-refractivity contribution is -0.124. The van der Waals surface area contributed by atoms with Crippen molar-refractivity contribution in [1.82, 2.24) is 5.43 Å². The van der Waals surface area contributed by atoms with Crippen molar-refractivity contribution in [2.24, 2.45) is 5.10 Å². The third-order valence-electron chi connectivity index (χ3n) is 3.95. The maximum atomic E-state index is 12.0. The number of nitrogens with zero attached hydrogens (tertiary/aromatic N) is 1. The second kappa shape index (κ2) is 10.3. The molecule has 2 amide bonds. The summed E-state index contributed by atoms with van der Waals surface area (Å²) >= 11 is 6.03. The van der Waals surface area contributed by atoms with Crippen molar-refractivity contribution in [1.29, 1.82) is 0 Å². The van der Waals surface area contributed by atoms with Gasteiger partial charge in [-0.1, -0.05) is 17.7 Å². The van der Waals surface area contributed by atoms with E-state index in [1.54, 1.807) is 43.5 Å². The molecule has 0 saturated carbocycles. The normalized spacial score (nSPS) is 10.6. The van der Waals surface area contributed by atoms with Gasteiger partial charge < -0.3 is 14.8 Å². The summed E-state index contributed by atoms with van der Waals surface area (Å²) in [5, 5.41) is 7.22. The SMILES string of the molecule is COc1ccc(OC)c(/C=N/NC(=O)CCC(=O)Nc2cccc(Cl)c2C)c1. The molecular formula is C20H22ClN3O4. The lowest BCUT2D eigenvalue weighted by Crippen LogP contribution is -2.21. The monoisotopic (exact) mass is 403 g/mol. The summed E-state index contributed by atoms with van der Waals surface area (Å²) in [5.74, 6) is 0.576. The fourth-order valence-corrected chi connectivity index (χ4v) is 2.53. The number of rotatable bonds is 8. The van der Waals surface area contributed by atoms with Crippen LogP contribution < -0.4 is 20.2 Å². The molecule has 0 saturated heterocycles.